The Hall–Kier alpha value is -3.74. The van der Waals surface area contributed by atoms with E-state index in [2.05, 4.69) is 0 Å². The first-order valence-electron chi connectivity index (χ1n) is 12.0. The van der Waals surface area contributed by atoms with Crippen LogP contribution in [0.15, 0.2) is 54.6 Å². The Balaban J connectivity index is 1.26. The number of carbonyl (C=O) groups excluding carboxylic acids is 4. The highest BCUT2D eigenvalue weighted by Crippen LogP contribution is 2.40. The van der Waals surface area contributed by atoms with Crippen LogP contribution in [0.25, 0.3) is 0 Å². The number of hydrogen-bond acceptors (Lipinski definition) is 5. The van der Waals surface area contributed by atoms with E-state index < -0.39 is 11.9 Å². The van der Waals surface area contributed by atoms with Gasteiger partial charge >= 0.3 is 5.97 Å². The van der Waals surface area contributed by atoms with Crippen LogP contribution in [0.4, 0.5) is 11.4 Å². The fourth-order valence-electron chi connectivity index (χ4n) is 5.39. The van der Waals surface area contributed by atoms with Crippen LogP contribution in [-0.2, 0) is 19.2 Å². The van der Waals surface area contributed by atoms with Gasteiger partial charge in [-0.15, -0.1) is 0 Å². The molecule has 35 heavy (non-hydrogen) atoms. The zero-order chi connectivity index (χ0) is 24.9. The van der Waals surface area contributed by atoms with Gasteiger partial charge in [0.05, 0.1) is 23.4 Å². The van der Waals surface area contributed by atoms with E-state index in [1.54, 1.807) is 29.2 Å². The Kier molecular flexibility index (Phi) is 5.79. The Labute approximate surface area is 204 Å². The van der Waals surface area contributed by atoms with E-state index in [0.29, 0.717) is 17.9 Å². The summed E-state index contributed by atoms with van der Waals surface area (Å²) in [4.78, 5) is 54.2. The molecule has 2 aromatic rings. The Morgan fingerprint density at radius 1 is 1.00 bits per heavy atom. The molecule has 2 fully saturated rings. The minimum atomic E-state index is -0.569. The SMILES string of the molecule is Cc1cccc(N2C[C@H](C(=O)Oc3ccc(N4C(=O)[C@H]5[C@@H](C)C=CC[C@H]5C4=O)cc3)CC2=O)c1C. The van der Waals surface area contributed by atoms with Gasteiger partial charge in [0.2, 0.25) is 17.7 Å². The van der Waals surface area contributed by atoms with Crippen LogP contribution in [-0.4, -0.2) is 30.2 Å². The number of aryl methyl sites for hydroxylation is 1. The first-order valence-corrected chi connectivity index (χ1v) is 12.0. The molecule has 2 aromatic carbocycles. The first-order chi connectivity index (χ1) is 16.8. The summed E-state index contributed by atoms with van der Waals surface area (Å²) >= 11 is 0. The molecule has 0 N–H and O–H groups in total. The number of imide groups is 1. The second kappa shape index (κ2) is 8.80. The van der Waals surface area contributed by atoms with Crippen LogP contribution < -0.4 is 14.5 Å². The summed E-state index contributed by atoms with van der Waals surface area (Å²) in [5.41, 5.74) is 3.39. The lowest BCUT2D eigenvalue weighted by molar-refractivity contribution is -0.139. The molecule has 0 bridgehead atoms. The molecule has 0 unspecified atom stereocenters. The summed E-state index contributed by atoms with van der Waals surface area (Å²) in [5.74, 6) is -1.83. The summed E-state index contributed by atoms with van der Waals surface area (Å²) in [6, 6.07) is 12.2. The lowest BCUT2D eigenvalue weighted by atomic mass is 9.78. The molecule has 5 rings (SSSR count). The van der Waals surface area contributed by atoms with Crippen molar-refractivity contribution < 1.29 is 23.9 Å². The zero-order valence-corrected chi connectivity index (χ0v) is 20.1. The van der Waals surface area contributed by atoms with Crippen molar-refractivity contribution in [3.63, 3.8) is 0 Å². The van der Waals surface area contributed by atoms with E-state index in [1.165, 1.54) is 4.90 Å². The van der Waals surface area contributed by atoms with Gasteiger partial charge in [0.1, 0.15) is 5.75 Å². The van der Waals surface area contributed by atoms with Crippen LogP contribution >= 0.6 is 0 Å². The van der Waals surface area contributed by atoms with Crippen LogP contribution in [0.1, 0.15) is 30.9 Å². The van der Waals surface area contributed by atoms with Crippen molar-refractivity contribution in [2.75, 3.05) is 16.3 Å². The topological polar surface area (TPSA) is 84.0 Å². The number of amides is 3. The third-order valence-corrected chi connectivity index (χ3v) is 7.51. The molecule has 2 saturated heterocycles. The number of benzene rings is 2. The summed E-state index contributed by atoms with van der Waals surface area (Å²) in [6.45, 7) is 6.18. The number of fused-ring (bicyclic) bond motifs is 1. The lowest BCUT2D eigenvalue weighted by Gasteiger charge is -2.22. The number of anilines is 2. The molecule has 7 nitrogen and oxygen atoms in total. The van der Waals surface area contributed by atoms with Crippen molar-refractivity contribution in [1.82, 2.24) is 0 Å². The van der Waals surface area contributed by atoms with E-state index in [4.69, 9.17) is 4.74 Å². The van der Waals surface area contributed by atoms with Gasteiger partial charge < -0.3 is 9.64 Å². The number of nitrogens with zero attached hydrogens (tertiary/aromatic N) is 2. The lowest BCUT2D eigenvalue weighted by Crippen LogP contribution is -2.31. The fraction of sp³-hybridized carbons (Fsp3) is 0.357. The van der Waals surface area contributed by atoms with Crippen LogP contribution in [0.5, 0.6) is 5.75 Å². The third-order valence-electron chi connectivity index (χ3n) is 7.51. The molecule has 0 saturated carbocycles. The number of esters is 1. The van der Waals surface area contributed by atoms with E-state index in [-0.39, 0.29) is 48.4 Å². The summed E-state index contributed by atoms with van der Waals surface area (Å²) < 4.78 is 5.55. The average Bonchev–Trinajstić information content (AvgIpc) is 3.34. The highest BCUT2D eigenvalue weighted by atomic mass is 16.5. The zero-order valence-electron chi connectivity index (χ0n) is 20.1. The third kappa shape index (κ3) is 3.95. The highest BCUT2D eigenvalue weighted by Gasteiger charge is 2.50. The molecular weight excluding hydrogens is 444 g/mol. The van der Waals surface area contributed by atoms with Crippen molar-refractivity contribution in [2.45, 2.75) is 33.6 Å². The summed E-state index contributed by atoms with van der Waals surface area (Å²) in [6.07, 6.45) is 4.63. The largest absolute Gasteiger partial charge is 0.426 e. The van der Waals surface area contributed by atoms with Crippen molar-refractivity contribution in [2.24, 2.45) is 23.7 Å². The summed E-state index contributed by atoms with van der Waals surface area (Å²) in [7, 11) is 0. The number of allylic oxidation sites excluding steroid dienone is 2. The Morgan fingerprint density at radius 3 is 2.46 bits per heavy atom. The normalized spacial score (nSPS) is 25.9. The Morgan fingerprint density at radius 2 is 1.74 bits per heavy atom. The molecule has 0 radical (unpaired) electrons. The average molecular weight is 473 g/mol. The highest BCUT2D eigenvalue weighted by molar-refractivity contribution is 6.22. The van der Waals surface area contributed by atoms with Gasteiger partial charge in [-0.3, -0.25) is 24.1 Å². The quantitative estimate of drug-likeness (QED) is 0.291. The second-order valence-corrected chi connectivity index (χ2v) is 9.71. The van der Waals surface area contributed by atoms with Crippen LogP contribution in [0.3, 0.4) is 0 Å². The smallest absolute Gasteiger partial charge is 0.316 e. The van der Waals surface area contributed by atoms with Gasteiger partial charge in [0.25, 0.3) is 0 Å². The number of rotatable bonds is 4. The monoisotopic (exact) mass is 472 g/mol. The van der Waals surface area contributed by atoms with Gasteiger partial charge in [0.15, 0.2) is 0 Å². The van der Waals surface area contributed by atoms with Gasteiger partial charge in [-0.2, -0.15) is 0 Å². The van der Waals surface area contributed by atoms with Gasteiger partial charge in [-0.05, 0) is 67.6 Å². The van der Waals surface area contributed by atoms with E-state index in [9.17, 15) is 19.2 Å². The minimum absolute atomic E-state index is 0.0210. The standard InChI is InChI=1S/C28H28N2O5/c1-16-6-5-9-23(18(16)3)29-15-19(14-24(29)31)28(34)35-21-12-10-20(11-13-21)30-26(32)22-8-4-7-17(2)25(22)27(30)33/h4-7,9-13,17,19,22,25H,8,14-15H2,1-3H3/t17-,19+,22+,25-/m0/s1. The molecule has 2 heterocycles. The molecular formula is C28H28N2O5. The number of ether oxygens (including phenoxy) is 1. The molecule has 4 atom stereocenters. The predicted octanol–water partition coefficient (Wildman–Crippen LogP) is 3.96. The van der Waals surface area contributed by atoms with Gasteiger partial charge in [-0.1, -0.05) is 31.2 Å². The maximum atomic E-state index is 13.0. The van der Waals surface area contributed by atoms with Gasteiger partial charge in [0, 0.05) is 18.7 Å². The second-order valence-electron chi connectivity index (χ2n) is 9.71. The molecule has 2 aliphatic heterocycles. The molecule has 0 aromatic heterocycles. The van der Waals surface area contributed by atoms with Crippen LogP contribution in [0, 0.1) is 37.5 Å². The number of carbonyl (C=O) groups is 4. The maximum absolute atomic E-state index is 13.0. The molecule has 3 amide bonds. The predicted molar refractivity (Wildman–Crippen MR) is 131 cm³/mol. The molecule has 7 heteroatoms. The van der Waals surface area contributed by atoms with Gasteiger partial charge in [-0.25, -0.2) is 0 Å². The summed E-state index contributed by atoms with van der Waals surface area (Å²) in [5, 5.41) is 0. The molecule has 1 aliphatic carbocycles. The Bertz CT molecular complexity index is 1250. The molecule has 180 valence electrons. The molecule has 0 spiro atoms. The fourth-order valence-corrected chi connectivity index (χ4v) is 5.39. The van der Waals surface area contributed by atoms with Crippen molar-refractivity contribution in [3.8, 4) is 5.75 Å². The maximum Gasteiger partial charge on any atom is 0.316 e. The number of hydrogen-bond donors (Lipinski definition) is 0. The first kappa shape index (κ1) is 23.0. The van der Waals surface area contributed by atoms with Crippen molar-refractivity contribution in [3.05, 3.63) is 65.7 Å². The van der Waals surface area contributed by atoms with E-state index >= 15 is 0 Å². The van der Waals surface area contributed by atoms with Crippen molar-refractivity contribution in [1.29, 1.82) is 0 Å². The van der Waals surface area contributed by atoms with Crippen molar-refractivity contribution >= 4 is 35.1 Å². The van der Waals surface area contributed by atoms with Crippen LogP contribution in [0.2, 0.25) is 0 Å². The van der Waals surface area contributed by atoms with E-state index in [0.717, 1.165) is 16.8 Å². The minimum Gasteiger partial charge on any atom is -0.426 e. The molecule has 3 aliphatic rings. The van der Waals surface area contributed by atoms with E-state index in [1.807, 2.05) is 51.1 Å².